The molecule has 1 aliphatic carbocycles. The zero-order valence-electron chi connectivity index (χ0n) is 9.62. The molecule has 0 aromatic heterocycles. The van der Waals surface area contributed by atoms with E-state index < -0.39 is 0 Å². The molecule has 2 N–H and O–H groups in total. The maximum atomic E-state index is 9.36. The average molecular weight is 212 g/mol. The summed E-state index contributed by atoms with van der Waals surface area (Å²) < 4.78 is 0. The second-order valence-electron chi connectivity index (χ2n) is 5.04. The second kappa shape index (κ2) is 5.83. The molecule has 2 fully saturated rings. The highest BCUT2D eigenvalue weighted by Gasteiger charge is 2.26. The fraction of sp³-hybridized carbons (Fsp3) is 1.00. The van der Waals surface area contributed by atoms with Crippen molar-refractivity contribution in [2.24, 2.45) is 11.8 Å². The number of piperazine rings is 1. The van der Waals surface area contributed by atoms with E-state index >= 15 is 0 Å². The summed E-state index contributed by atoms with van der Waals surface area (Å²) in [6.45, 7) is 6.26. The Kier molecular flexibility index (Phi) is 4.42. The van der Waals surface area contributed by atoms with E-state index in [1.54, 1.807) is 0 Å². The molecule has 3 nitrogen and oxygen atoms in total. The van der Waals surface area contributed by atoms with E-state index in [1.807, 2.05) is 0 Å². The number of rotatable bonds is 3. The first kappa shape index (κ1) is 11.4. The lowest BCUT2D eigenvalue weighted by molar-refractivity contribution is 0.0947. The van der Waals surface area contributed by atoms with Crippen molar-refractivity contribution in [1.29, 1.82) is 0 Å². The third kappa shape index (κ3) is 3.16. The Bertz CT molecular complexity index is 180. The lowest BCUT2D eigenvalue weighted by Crippen LogP contribution is -2.46. The Morgan fingerprint density at radius 1 is 1.07 bits per heavy atom. The van der Waals surface area contributed by atoms with Gasteiger partial charge >= 0.3 is 0 Å². The highest BCUT2D eigenvalue weighted by atomic mass is 16.3. The molecule has 0 bridgehead atoms. The van der Waals surface area contributed by atoms with Crippen molar-refractivity contribution in [2.75, 3.05) is 39.3 Å². The Morgan fingerprint density at radius 2 is 1.73 bits per heavy atom. The van der Waals surface area contributed by atoms with E-state index in [2.05, 4.69) is 10.2 Å². The van der Waals surface area contributed by atoms with E-state index in [-0.39, 0.29) is 0 Å². The molecule has 3 heteroatoms. The standard InChI is InChI=1S/C12H24N2O/c15-10-12-4-2-1-3-11(12)9-14-7-5-13-6-8-14/h11-13,15H,1-10H2/t11-,12+/m1/s1. The highest BCUT2D eigenvalue weighted by molar-refractivity contribution is 4.79. The Morgan fingerprint density at radius 3 is 2.40 bits per heavy atom. The van der Waals surface area contributed by atoms with Gasteiger partial charge in [0, 0.05) is 39.3 Å². The zero-order chi connectivity index (χ0) is 10.5. The molecule has 88 valence electrons. The van der Waals surface area contributed by atoms with E-state index in [0.717, 1.165) is 19.0 Å². The van der Waals surface area contributed by atoms with E-state index in [9.17, 15) is 5.11 Å². The van der Waals surface area contributed by atoms with Gasteiger partial charge in [-0.05, 0) is 24.7 Å². The van der Waals surface area contributed by atoms with Gasteiger partial charge in [0.2, 0.25) is 0 Å². The first-order chi connectivity index (χ1) is 7.40. The summed E-state index contributed by atoms with van der Waals surface area (Å²) in [5.74, 6) is 1.33. The Hall–Kier alpha value is -0.120. The number of aliphatic hydroxyl groups is 1. The minimum Gasteiger partial charge on any atom is -0.396 e. The normalized spacial score (nSPS) is 34.2. The third-order valence-electron chi connectivity index (χ3n) is 4.00. The van der Waals surface area contributed by atoms with Crippen LogP contribution in [0.2, 0.25) is 0 Å². The molecular formula is C12H24N2O. The highest BCUT2D eigenvalue weighted by Crippen LogP contribution is 2.30. The summed E-state index contributed by atoms with van der Waals surface area (Å²) in [7, 11) is 0. The van der Waals surface area contributed by atoms with Crippen LogP contribution in [0.4, 0.5) is 0 Å². The number of nitrogens with zero attached hydrogens (tertiary/aromatic N) is 1. The summed E-state index contributed by atoms with van der Waals surface area (Å²) in [5.41, 5.74) is 0. The average Bonchev–Trinajstić information content (AvgIpc) is 2.31. The van der Waals surface area contributed by atoms with Crippen molar-refractivity contribution < 1.29 is 5.11 Å². The van der Waals surface area contributed by atoms with Gasteiger partial charge in [0.15, 0.2) is 0 Å². The SMILES string of the molecule is OC[C@@H]1CCCC[C@@H]1CN1CCNCC1. The smallest absolute Gasteiger partial charge is 0.0462 e. The maximum Gasteiger partial charge on any atom is 0.0462 e. The summed E-state index contributed by atoms with van der Waals surface area (Å²) in [4.78, 5) is 2.56. The molecule has 0 spiro atoms. The first-order valence-corrected chi connectivity index (χ1v) is 6.44. The van der Waals surface area contributed by atoms with Gasteiger partial charge in [0.1, 0.15) is 0 Å². The van der Waals surface area contributed by atoms with Crippen LogP contribution >= 0.6 is 0 Å². The predicted octanol–water partition coefficient (Wildman–Crippen LogP) is 0.690. The summed E-state index contributed by atoms with van der Waals surface area (Å²) >= 11 is 0. The van der Waals surface area contributed by atoms with E-state index in [4.69, 9.17) is 0 Å². The molecule has 15 heavy (non-hydrogen) atoms. The van der Waals surface area contributed by atoms with Crippen molar-refractivity contribution in [3.8, 4) is 0 Å². The number of nitrogens with one attached hydrogen (secondary N) is 1. The summed E-state index contributed by atoms with van der Waals surface area (Å²) in [5, 5.41) is 12.7. The molecule has 0 unspecified atom stereocenters. The molecular weight excluding hydrogens is 188 g/mol. The molecule has 2 aliphatic rings. The van der Waals surface area contributed by atoms with Crippen LogP contribution in [-0.2, 0) is 0 Å². The molecule has 0 aromatic carbocycles. The maximum absolute atomic E-state index is 9.36. The molecule has 1 saturated heterocycles. The van der Waals surface area contributed by atoms with Crippen molar-refractivity contribution in [1.82, 2.24) is 10.2 Å². The lowest BCUT2D eigenvalue weighted by atomic mass is 9.79. The monoisotopic (exact) mass is 212 g/mol. The number of hydrogen-bond acceptors (Lipinski definition) is 3. The quantitative estimate of drug-likeness (QED) is 0.722. The van der Waals surface area contributed by atoms with E-state index in [1.165, 1.54) is 45.3 Å². The topological polar surface area (TPSA) is 35.5 Å². The fourth-order valence-corrected chi connectivity index (χ4v) is 2.99. The molecule has 0 amide bonds. The van der Waals surface area contributed by atoms with E-state index in [0.29, 0.717) is 12.5 Å². The lowest BCUT2D eigenvalue weighted by Gasteiger charge is -2.36. The molecule has 0 aromatic rings. The van der Waals surface area contributed by atoms with Gasteiger partial charge in [0.05, 0.1) is 0 Å². The van der Waals surface area contributed by atoms with Gasteiger partial charge in [-0.2, -0.15) is 0 Å². The molecule has 0 radical (unpaired) electrons. The zero-order valence-corrected chi connectivity index (χ0v) is 9.62. The van der Waals surface area contributed by atoms with Crippen molar-refractivity contribution >= 4 is 0 Å². The molecule has 1 heterocycles. The van der Waals surface area contributed by atoms with Crippen molar-refractivity contribution in [2.45, 2.75) is 25.7 Å². The van der Waals surface area contributed by atoms with Crippen molar-refractivity contribution in [3.05, 3.63) is 0 Å². The minimum absolute atomic E-state index is 0.400. The summed E-state index contributed by atoms with van der Waals surface area (Å²) in [6.07, 6.45) is 5.26. The van der Waals surface area contributed by atoms with Gasteiger partial charge in [-0.15, -0.1) is 0 Å². The van der Waals surface area contributed by atoms with Crippen LogP contribution in [0.1, 0.15) is 25.7 Å². The van der Waals surface area contributed by atoms with Gasteiger partial charge in [0.25, 0.3) is 0 Å². The van der Waals surface area contributed by atoms with Crippen LogP contribution in [0.25, 0.3) is 0 Å². The molecule has 2 atom stereocenters. The predicted molar refractivity (Wildman–Crippen MR) is 61.8 cm³/mol. The van der Waals surface area contributed by atoms with Crippen molar-refractivity contribution in [3.63, 3.8) is 0 Å². The molecule has 1 saturated carbocycles. The van der Waals surface area contributed by atoms with Crippen LogP contribution in [0.5, 0.6) is 0 Å². The Balaban J connectivity index is 1.79. The number of aliphatic hydroxyl groups excluding tert-OH is 1. The molecule has 1 aliphatic heterocycles. The third-order valence-corrected chi connectivity index (χ3v) is 4.00. The summed E-state index contributed by atoms with van der Waals surface area (Å²) in [6, 6.07) is 0. The van der Waals surface area contributed by atoms with Crippen LogP contribution in [0.3, 0.4) is 0 Å². The Labute approximate surface area is 92.8 Å². The van der Waals surface area contributed by atoms with Gasteiger partial charge in [-0.25, -0.2) is 0 Å². The fourth-order valence-electron chi connectivity index (χ4n) is 2.99. The van der Waals surface area contributed by atoms with Crippen LogP contribution in [-0.4, -0.2) is 49.3 Å². The van der Waals surface area contributed by atoms with Crippen LogP contribution in [0, 0.1) is 11.8 Å². The first-order valence-electron chi connectivity index (χ1n) is 6.44. The van der Waals surface area contributed by atoms with Gasteiger partial charge in [-0.3, -0.25) is 0 Å². The van der Waals surface area contributed by atoms with Crippen LogP contribution in [0.15, 0.2) is 0 Å². The molecule has 2 rings (SSSR count). The van der Waals surface area contributed by atoms with Gasteiger partial charge in [-0.1, -0.05) is 12.8 Å². The second-order valence-corrected chi connectivity index (χ2v) is 5.04. The largest absolute Gasteiger partial charge is 0.396 e. The van der Waals surface area contributed by atoms with Crippen LogP contribution < -0.4 is 5.32 Å². The minimum atomic E-state index is 0.400. The van der Waals surface area contributed by atoms with Gasteiger partial charge < -0.3 is 15.3 Å². The number of hydrogen-bond donors (Lipinski definition) is 2.